The van der Waals surface area contributed by atoms with Crippen LogP contribution in [-0.2, 0) is 9.59 Å². The van der Waals surface area contributed by atoms with Crippen LogP contribution in [0.15, 0.2) is 48.7 Å². The number of nitrogens with one attached hydrogen (secondary N) is 2. The Bertz CT molecular complexity index is 745. The van der Waals surface area contributed by atoms with Gasteiger partial charge in [-0.2, -0.15) is 0 Å². The van der Waals surface area contributed by atoms with E-state index in [0.29, 0.717) is 16.4 Å². The fraction of sp³-hybridized carbons (Fsp3) is 0.167. The molecule has 0 aliphatic carbocycles. The van der Waals surface area contributed by atoms with Crippen molar-refractivity contribution in [3.8, 4) is 0 Å². The lowest BCUT2D eigenvalue weighted by Gasteiger charge is -2.09. The van der Waals surface area contributed by atoms with Crippen molar-refractivity contribution < 1.29 is 9.59 Å². The van der Waals surface area contributed by atoms with E-state index < -0.39 is 0 Å². The van der Waals surface area contributed by atoms with E-state index in [2.05, 4.69) is 15.6 Å². The van der Waals surface area contributed by atoms with Crippen LogP contribution in [0.25, 0.3) is 6.08 Å². The molecule has 0 aliphatic rings. The molecule has 1 heterocycles. The van der Waals surface area contributed by atoms with E-state index in [1.807, 2.05) is 13.0 Å². The molecule has 0 unspecified atom stereocenters. The number of carbonyl (C=O) groups is 2. The Kier molecular flexibility index (Phi) is 6.51. The van der Waals surface area contributed by atoms with Crippen molar-refractivity contribution in [2.45, 2.75) is 13.3 Å². The van der Waals surface area contributed by atoms with Crippen LogP contribution in [-0.4, -0.2) is 23.3 Å². The third-order valence-electron chi connectivity index (χ3n) is 3.29. The van der Waals surface area contributed by atoms with Gasteiger partial charge < -0.3 is 10.6 Å². The standard InChI is InChI=1S/C18H18ClN3O2/c1-13-15(19)6-4-7-16(13)22-18(24)10-12-21-17(23)9-8-14-5-2-3-11-20-14/h2-9,11H,10,12H2,1H3,(H,21,23)(H,22,24). The third kappa shape index (κ3) is 5.52. The fourth-order valence-corrected chi connectivity index (χ4v) is 2.12. The van der Waals surface area contributed by atoms with Crippen LogP contribution in [0.5, 0.6) is 0 Å². The number of benzene rings is 1. The largest absolute Gasteiger partial charge is 0.352 e. The molecular weight excluding hydrogens is 326 g/mol. The first kappa shape index (κ1) is 17.7. The number of aromatic nitrogens is 1. The predicted molar refractivity (Wildman–Crippen MR) is 95.7 cm³/mol. The molecule has 0 saturated heterocycles. The number of carbonyl (C=O) groups excluding carboxylic acids is 2. The van der Waals surface area contributed by atoms with Gasteiger partial charge >= 0.3 is 0 Å². The molecule has 0 radical (unpaired) electrons. The van der Waals surface area contributed by atoms with E-state index >= 15 is 0 Å². The third-order valence-corrected chi connectivity index (χ3v) is 3.70. The van der Waals surface area contributed by atoms with Crippen LogP contribution in [0.2, 0.25) is 5.02 Å². The monoisotopic (exact) mass is 343 g/mol. The topological polar surface area (TPSA) is 71.1 Å². The summed E-state index contributed by atoms with van der Waals surface area (Å²) in [5.74, 6) is -0.457. The van der Waals surface area contributed by atoms with E-state index in [1.54, 1.807) is 42.6 Å². The number of nitrogens with zero attached hydrogens (tertiary/aromatic N) is 1. The first-order valence-electron chi connectivity index (χ1n) is 7.48. The van der Waals surface area contributed by atoms with Crippen LogP contribution < -0.4 is 10.6 Å². The molecule has 124 valence electrons. The van der Waals surface area contributed by atoms with E-state index in [9.17, 15) is 9.59 Å². The molecule has 0 fully saturated rings. The molecule has 2 aromatic rings. The fourth-order valence-electron chi connectivity index (χ4n) is 1.95. The zero-order valence-electron chi connectivity index (χ0n) is 13.3. The van der Waals surface area contributed by atoms with Crippen LogP contribution in [0.4, 0.5) is 5.69 Å². The van der Waals surface area contributed by atoms with Crippen molar-refractivity contribution in [1.82, 2.24) is 10.3 Å². The number of anilines is 1. The zero-order chi connectivity index (χ0) is 17.4. The van der Waals surface area contributed by atoms with E-state index in [0.717, 1.165) is 5.56 Å². The average molecular weight is 344 g/mol. The van der Waals surface area contributed by atoms with Gasteiger partial charge in [-0.25, -0.2) is 0 Å². The van der Waals surface area contributed by atoms with Gasteiger partial charge in [-0.1, -0.05) is 23.7 Å². The van der Waals surface area contributed by atoms with Crippen molar-refractivity contribution in [3.63, 3.8) is 0 Å². The molecule has 24 heavy (non-hydrogen) atoms. The van der Waals surface area contributed by atoms with Crippen LogP contribution in [0.1, 0.15) is 17.7 Å². The van der Waals surface area contributed by atoms with Crippen LogP contribution in [0.3, 0.4) is 0 Å². The van der Waals surface area contributed by atoms with Gasteiger partial charge in [0.2, 0.25) is 11.8 Å². The first-order valence-corrected chi connectivity index (χ1v) is 7.86. The molecule has 5 nitrogen and oxygen atoms in total. The molecular formula is C18H18ClN3O2. The Hall–Kier alpha value is -2.66. The smallest absolute Gasteiger partial charge is 0.244 e. The van der Waals surface area contributed by atoms with Gasteiger partial charge in [0.25, 0.3) is 0 Å². The Morgan fingerprint density at radius 1 is 1.21 bits per heavy atom. The highest BCUT2D eigenvalue weighted by Gasteiger charge is 2.07. The molecule has 1 aromatic carbocycles. The summed E-state index contributed by atoms with van der Waals surface area (Å²) in [6.45, 7) is 2.08. The van der Waals surface area contributed by atoms with Crippen LogP contribution >= 0.6 is 11.6 Å². The molecule has 0 atom stereocenters. The van der Waals surface area contributed by atoms with Gasteiger partial charge in [0.05, 0.1) is 5.69 Å². The van der Waals surface area contributed by atoms with E-state index in [4.69, 9.17) is 11.6 Å². The zero-order valence-corrected chi connectivity index (χ0v) is 14.0. The van der Waals surface area contributed by atoms with Crippen molar-refractivity contribution in [2.75, 3.05) is 11.9 Å². The number of rotatable bonds is 6. The molecule has 0 bridgehead atoms. The maximum absolute atomic E-state index is 11.9. The van der Waals surface area contributed by atoms with Gasteiger partial charge in [0.1, 0.15) is 0 Å². The normalized spacial score (nSPS) is 10.6. The van der Waals surface area contributed by atoms with Crippen molar-refractivity contribution in [3.05, 3.63) is 65.0 Å². The molecule has 2 rings (SSSR count). The van der Waals surface area contributed by atoms with Crippen molar-refractivity contribution >= 4 is 35.2 Å². The number of halogens is 1. The minimum atomic E-state index is -0.271. The first-order chi connectivity index (χ1) is 11.6. The van der Waals surface area contributed by atoms with Gasteiger partial charge in [-0.3, -0.25) is 14.6 Å². The maximum atomic E-state index is 11.9. The lowest BCUT2D eigenvalue weighted by molar-refractivity contribution is -0.117. The summed E-state index contributed by atoms with van der Waals surface area (Å²) in [5.41, 5.74) is 2.19. The Morgan fingerprint density at radius 2 is 2.04 bits per heavy atom. The number of pyridine rings is 1. The summed E-state index contributed by atoms with van der Waals surface area (Å²) < 4.78 is 0. The van der Waals surface area contributed by atoms with Gasteiger partial charge in [0.15, 0.2) is 0 Å². The molecule has 1 aromatic heterocycles. The summed E-state index contributed by atoms with van der Waals surface area (Å²) in [4.78, 5) is 27.7. The summed E-state index contributed by atoms with van der Waals surface area (Å²) in [6, 6.07) is 10.8. The molecule has 2 N–H and O–H groups in total. The second-order valence-corrected chi connectivity index (χ2v) is 5.50. The Labute approximate surface area is 145 Å². The van der Waals surface area contributed by atoms with Crippen LogP contribution in [0, 0.1) is 6.92 Å². The van der Waals surface area contributed by atoms with Gasteiger partial charge in [-0.15, -0.1) is 0 Å². The SMILES string of the molecule is Cc1c(Cl)cccc1NC(=O)CCNC(=O)C=Cc1ccccn1. The van der Waals surface area contributed by atoms with Crippen molar-refractivity contribution in [1.29, 1.82) is 0 Å². The second-order valence-electron chi connectivity index (χ2n) is 5.09. The number of amides is 2. The highest BCUT2D eigenvalue weighted by atomic mass is 35.5. The molecule has 0 spiro atoms. The highest BCUT2D eigenvalue weighted by molar-refractivity contribution is 6.31. The maximum Gasteiger partial charge on any atom is 0.244 e. The van der Waals surface area contributed by atoms with Gasteiger partial charge in [0, 0.05) is 35.9 Å². The predicted octanol–water partition coefficient (Wildman–Crippen LogP) is 3.20. The molecule has 0 saturated carbocycles. The van der Waals surface area contributed by atoms with Gasteiger partial charge in [-0.05, 0) is 42.8 Å². The number of hydrogen-bond acceptors (Lipinski definition) is 3. The summed E-state index contributed by atoms with van der Waals surface area (Å²) in [7, 11) is 0. The minimum Gasteiger partial charge on any atom is -0.352 e. The summed E-state index contributed by atoms with van der Waals surface area (Å²) >= 11 is 6.01. The quantitative estimate of drug-likeness (QED) is 0.791. The second kappa shape index (κ2) is 8.84. The minimum absolute atomic E-state index is 0.176. The summed E-state index contributed by atoms with van der Waals surface area (Å²) in [5, 5.41) is 6.03. The molecule has 2 amide bonds. The highest BCUT2D eigenvalue weighted by Crippen LogP contribution is 2.22. The lowest BCUT2D eigenvalue weighted by atomic mass is 10.2. The van der Waals surface area contributed by atoms with E-state index in [-0.39, 0.29) is 24.8 Å². The van der Waals surface area contributed by atoms with Crippen molar-refractivity contribution in [2.24, 2.45) is 0 Å². The molecule has 0 aliphatic heterocycles. The lowest BCUT2D eigenvalue weighted by Crippen LogP contribution is -2.26. The number of hydrogen-bond donors (Lipinski definition) is 2. The Balaban J connectivity index is 1.75. The summed E-state index contributed by atoms with van der Waals surface area (Å²) in [6.07, 6.45) is 4.83. The average Bonchev–Trinajstić information content (AvgIpc) is 2.58. The Morgan fingerprint density at radius 3 is 2.79 bits per heavy atom. The van der Waals surface area contributed by atoms with E-state index in [1.165, 1.54) is 6.08 Å². The molecule has 6 heteroatoms.